The van der Waals surface area contributed by atoms with Gasteiger partial charge in [-0.25, -0.2) is 4.39 Å². The molecule has 14 heavy (non-hydrogen) atoms. The van der Waals surface area contributed by atoms with Gasteiger partial charge in [0.2, 0.25) is 0 Å². The number of halogens is 2. The number of rotatable bonds is 3. The van der Waals surface area contributed by atoms with E-state index < -0.39 is 11.9 Å². The summed E-state index contributed by atoms with van der Waals surface area (Å²) in [6.07, 6.45) is -0.616. The van der Waals surface area contributed by atoms with Gasteiger partial charge >= 0.3 is 0 Å². The molecule has 1 aromatic carbocycles. The van der Waals surface area contributed by atoms with Gasteiger partial charge in [0.25, 0.3) is 0 Å². The van der Waals surface area contributed by atoms with E-state index in [4.69, 9.17) is 16.3 Å². The lowest BCUT2D eigenvalue weighted by molar-refractivity contribution is 0.0655. The molecule has 0 heterocycles. The van der Waals surface area contributed by atoms with Crippen molar-refractivity contribution >= 4 is 17.4 Å². The molecule has 0 radical (unpaired) electrons. The monoisotopic (exact) mass is 216 g/mol. The highest BCUT2D eigenvalue weighted by molar-refractivity contribution is 6.34. The second kappa shape index (κ2) is 4.53. The summed E-state index contributed by atoms with van der Waals surface area (Å²) in [6, 6.07) is 3.67. The Hall–Kier alpha value is -0.930. The van der Waals surface area contributed by atoms with Gasteiger partial charge in [0.1, 0.15) is 11.9 Å². The van der Waals surface area contributed by atoms with Crippen LogP contribution in [0, 0.1) is 5.82 Å². The van der Waals surface area contributed by atoms with Crippen molar-refractivity contribution in [2.45, 2.75) is 13.0 Å². The predicted octanol–water partition coefficient (Wildman–Crippen LogP) is 2.70. The van der Waals surface area contributed by atoms with E-state index in [-0.39, 0.29) is 16.4 Å². The highest BCUT2D eigenvalue weighted by Gasteiger charge is 2.17. The summed E-state index contributed by atoms with van der Waals surface area (Å²) in [7, 11) is 1.41. The van der Waals surface area contributed by atoms with E-state index in [1.54, 1.807) is 6.92 Å². The number of carbonyl (C=O) groups is 1. The van der Waals surface area contributed by atoms with E-state index >= 15 is 0 Å². The second-order valence-corrected chi connectivity index (χ2v) is 3.27. The predicted molar refractivity (Wildman–Crippen MR) is 52.2 cm³/mol. The molecule has 2 nitrogen and oxygen atoms in total. The van der Waals surface area contributed by atoms with E-state index in [1.165, 1.54) is 19.2 Å². The van der Waals surface area contributed by atoms with E-state index in [2.05, 4.69) is 0 Å². The van der Waals surface area contributed by atoms with Crippen LogP contribution in [0.5, 0.6) is 0 Å². The van der Waals surface area contributed by atoms with Crippen LogP contribution in [0.3, 0.4) is 0 Å². The lowest BCUT2D eigenvalue weighted by Crippen LogP contribution is -2.19. The molecule has 0 saturated heterocycles. The Kier molecular flexibility index (Phi) is 3.61. The molecule has 0 aliphatic rings. The number of hydrogen-bond donors (Lipinski definition) is 0. The van der Waals surface area contributed by atoms with Gasteiger partial charge in [0.15, 0.2) is 5.78 Å². The number of benzene rings is 1. The number of Topliss-reactive ketones (excluding diaryl/α,β-unsaturated/α-hetero) is 1. The quantitative estimate of drug-likeness (QED) is 0.727. The zero-order chi connectivity index (χ0) is 10.7. The molecule has 4 heteroatoms. The first kappa shape index (κ1) is 11.1. The number of methoxy groups -OCH3 is 1. The molecule has 1 aromatic rings. The van der Waals surface area contributed by atoms with Gasteiger partial charge in [0.05, 0.1) is 5.02 Å². The van der Waals surface area contributed by atoms with E-state index in [9.17, 15) is 9.18 Å². The molecule has 0 saturated carbocycles. The van der Waals surface area contributed by atoms with E-state index in [0.717, 1.165) is 6.07 Å². The Morgan fingerprint density at radius 2 is 2.21 bits per heavy atom. The lowest BCUT2D eigenvalue weighted by atomic mass is 10.1. The fourth-order valence-electron chi connectivity index (χ4n) is 1.01. The molecule has 0 bridgehead atoms. The Morgan fingerprint density at radius 1 is 1.57 bits per heavy atom. The minimum Gasteiger partial charge on any atom is -0.374 e. The number of ketones is 1. The SMILES string of the molecule is COC(C)C(=O)c1cc(F)ccc1Cl. The average molecular weight is 217 g/mol. The number of carbonyl (C=O) groups excluding carboxylic acids is 1. The maximum atomic E-state index is 12.8. The first-order chi connectivity index (χ1) is 6.56. The van der Waals surface area contributed by atoms with Crippen LogP contribution >= 0.6 is 11.6 Å². The largest absolute Gasteiger partial charge is 0.374 e. The first-order valence-electron chi connectivity index (χ1n) is 4.08. The van der Waals surface area contributed by atoms with Crippen LogP contribution in [-0.2, 0) is 4.74 Å². The smallest absolute Gasteiger partial charge is 0.192 e. The van der Waals surface area contributed by atoms with Gasteiger partial charge in [-0.05, 0) is 25.1 Å². The van der Waals surface area contributed by atoms with Crippen molar-refractivity contribution in [1.29, 1.82) is 0 Å². The van der Waals surface area contributed by atoms with Gasteiger partial charge in [-0.2, -0.15) is 0 Å². The van der Waals surface area contributed by atoms with E-state index in [1.807, 2.05) is 0 Å². The number of hydrogen-bond acceptors (Lipinski definition) is 2. The van der Waals surface area contributed by atoms with Crippen molar-refractivity contribution in [3.63, 3.8) is 0 Å². The second-order valence-electron chi connectivity index (χ2n) is 2.87. The molecular weight excluding hydrogens is 207 g/mol. The molecule has 76 valence electrons. The van der Waals surface area contributed by atoms with Crippen molar-refractivity contribution < 1.29 is 13.9 Å². The zero-order valence-corrected chi connectivity index (χ0v) is 8.64. The van der Waals surface area contributed by atoms with Crippen molar-refractivity contribution in [3.8, 4) is 0 Å². The minimum absolute atomic E-state index is 0.154. The van der Waals surface area contributed by atoms with Gasteiger partial charge < -0.3 is 4.74 Å². The normalized spacial score (nSPS) is 12.6. The minimum atomic E-state index is -0.616. The van der Waals surface area contributed by atoms with Gasteiger partial charge in [-0.1, -0.05) is 11.6 Å². The highest BCUT2D eigenvalue weighted by atomic mass is 35.5. The van der Waals surface area contributed by atoms with Crippen LogP contribution in [0.15, 0.2) is 18.2 Å². The maximum Gasteiger partial charge on any atom is 0.192 e. The lowest BCUT2D eigenvalue weighted by Gasteiger charge is -2.09. The molecule has 0 aromatic heterocycles. The van der Waals surface area contributed by atoms with Gasteiger partial charge in [-0.3, -0.25) is 4.79 Å². The third kappa shape index (κ3) is 2.30. The van der Waals surface area contributed by atoms with Gasteiger partial charge in [0, 0.05) is 12.7 Å². The standard InChI is InChI=1S/C10H10ClFO2/c1-6(14-2)10(13)8-5-7(12)3-4-9(8)11/h3-6H,1-2H3. The fourth-order valence-corrected chi connectivity index (χ4v) is 1.22. The summed E-state index contributed by atoms with van der Waals surface area (Å²) in [5, 5.41) is 0.236. The molecule has 1 atom stereocenters. The number of ether oxygens (including phenoxy) is 1. The van der Waals surface area contributed by atoms with Crippen LogP contribution in [0.25, 0.3) is 0 Å². The zero-order valence-electron chi connectivity index (χ0n) is 7.88. The van der Waals surface area contributed by atoms with Crippen LogP contribution in [0.2, 0.25) is 5.02 Å². The average Bonchev–Trinajstić information content (AvgIpc) is 2.19. The van der Waals surface area contributed by atoms with E-state index in [0.29, 0.717) is 0 Å². The Balaban J connectivity index is 3.06. The highest BCUT2D eigenvalue weighted by Crippen LogP contribution is 2.19. The summed E-state index contributed by atoms with van der Waals surface area (Å²) in [5.41, 5.74) is 0.154. The first-order valence-corrected chi connectivity index (χ1v) is 4.46. The van der Waals surface area contributed by atoms with Crippen molar-refractivity contribution in [2.75, 3.05) is 7.11 Å². The molecular formula is C10H10ClFO2. The third-order valence-electron chi connectivity index (χ3n) is 1.92. The summed E-state index contributed by atoms with van der Waals surface area (Å²) in [6.45, 7) is 1.59. The van der Waals surface area contributed by atoms with Crippen LogP contribution < -0.4 is 0 Å². The molecule has 0 amide bonds. The molecule has 1 rings (SSSR count). The molecule has 0 fully saturated rings. The molecule has 0 N–H and O–H groups in total. The Morgan fingerprint density at radius 3 is 2.79 bits per heavy atom. The summed E-state index contributed by atoms with van der Waals surface area (Å²) >= 11 is 5.75. The van der Waals surface area contributed by atoms with Crippen LogP contribution in [0.4, 0.5) is 4.39 Å². The summed E-state index contributed by atoms with van der Waals surface area (Å²) in [4.78, 5) is 11.6. The molecule has 1 unspecified atom stereocenters. The Labute approximate surface area is 86.6 Å². The van der Waals surface area contributed by atoms with Crippen molar-refractivity contribution in [2.24, 2.45) is 0 Å². The molecule has 0 spiro atoms. The van der Waals surface area contributed by atoms with Crippen LogP contribution in [-0.4, -0.2) is 19.0 Å². The van der Waals surface area contributed by atoms with Crippen molar-refractivity contribution in [3.05, 3.63) is 34.6 Å². The summed E-state index contributed by atoms with van der Waals surface area (Å²) < 4.78 is 17.7. The van der Waals surface area contributed by atoms with Crippen LogP contribution in [0.1, 0.15) is 17.3 Å². The Bertz CT molecular complexity index is 352. The maximum absolute atomic E-state index is 12.8. The molecule has 0 aliphatic carbocycles. The molecule has 0 aliphatic heterocycles. The topological polar surface area (TPSA) is 26.3 Å². The third-order valence-corrected chi connectivity index (χ3v) is 2.25. The fraction of sp³-hybridized carbons (Fsp3) is 0.300. The van der Waals surface area contributed by atoms with Gasteiger partial charge in [-0.15, -0.1) is 0 Å². The summed E-state index contributed by atoms with van der Waals surface area (Å²) in [5.74, 6) is -0.807. The van der Waals surface area contributed by atoms with Crippen molar-refractivity contribution in [1.82, 2.24) is 0 Å².